The molecule has 0 saturated carbocycles. The molecule has 0 radical (unpaired) electrons. The van der Waals surface area contributed by atoms with Crippen molar-refractivity contribution in [1.29, 1.82) is 0 Å². The standard InChI is InChI=1S/C18H19ClN6O3/c1-11-17(25(27)28)12(2)24(21-11)13(3)18(26)20-16-7-8-23(22-16)10-14-5-4-6-15(19)9-14/h4-9,13H,10H2,1-3H3,(H,20,22,26). The largest absolute Gasteiger partial charge is 0.312 e. The van der Waals surface area contributed by atoms with Gasteiger partial charge in [-0.25, -0.2) is 0 Å². The van der Waals surface area contributed by atoms with E-state index in [0.717, 1.165) is 5.56 Å². The summed E-state index contributed by atoms with van der Waals surface area (Å²) in [5.74, 6) is 0.0170. The molecule has 0 aliphatic heterocycles. The molecule has 1 N–H and O–H groups in total. The number of carbonyl (C=O) groups excluding carboxylic acids is 1. The molecular weight excluding hydrogens is 384 g/mol. The molecule has 10 heteroatoms. The first-order chi connectivity index (χ1) is 13.3. The fourth-order valence-electron chi connectivity index (χ4n) is 2.98. The Hall–Kier alpha value is -3.20. The number of carbonyl (C=O) groups is 1. The fraction of sp³-hybridized carbons (Fsp3) is 0.278. The molecule has 1 aromatic carbocycles. The van der Waals surface area contributed by atoms with Crippen molar-refractivity contribution in [3.05, 3.63) is 68.6 Å². The van der Waals surface area contributed by atoms with Gasteiger partial charge in [0, 0.05) is 17.3 Å². The number of aryl methyl sites for hydroxylation is 1. The normalized spacial score (nSPS) is 12.0. The van der Waals surface area contributed by atoms with E-state index in [-0.39, 0.29) is 17.3 Å². The summed E-state index contributed by atoms with van der Waals surface area (Å²) in [5.41, 5.74) is 1.51. The summed E-state index contributed by atoms with van der Waals surface area (Å²) in [6.07, 6.45) is 1.75. The van der Waals surface area contributed by atoms with Crippen LogP contribution < -0.4 is 5.32 Å². The third-order valence-corrected chi connectivity index (χ3v) is 4.58. The van der Waals surface area contributed by atoms with Gasteiger partial charge in [0.1, 0.15) is 17.4 Å². The predicted molar refractivity (Wildman–Crippen MR) is 104 cm³/mol. The number of amides is 1. The van der Waals surface area contributed by atoms with E-state index in [1.54, 1.807) is 43.8 Å². The van der Waals surface area contributed by atoms with Gasteiger partial charge in [0.05, 0.1) is 11.5 Å². The number of hydrogen-bond acceptors (Lipinski definition) is 5. The number of rotatable bonds is 6. The van der Waals surface area contributed by atoms with Crippen LogP contribution in [0.1, 0.15) is 29.9 Å². The number of aromatic nitrogens is 4. The number of anilines is 1. The first kappa shape index (κ1) is 19.6. The Bertz CT molecular complexity index is 1040. The van der Waals surface area contributed by atoms with Gasteiger partial charge in [-0.1, -0.05) is 23.7 Å². The smallest absolute Gasteiger partial charge is 0.307 e. The zero-order chi connectivity index (χ0) is 20.4. The number of halogens is 1. The summed E-state index contributed by atoms with van der Waals surface area (Å²) in [4.78, 5) is 23.2. The highest BCUT2D eigenvalue weighted by molar-refractivity contribution is 6.30. The highest BCUT2D eigenvalue weighted by Crippen LogP contribution is 2.25. The van der Waals surface area contributed by atoms with Gasteiger partial charge in [0.2, 0.25) is 5.91 Å². The minimum atomic E-state index is -0.731. The monoisotopic (exact) mass is 402 g/mol. The Morgan fingerprint density at radius 2 is 2.07 bits per heavy atom. The highest BCUT2D eigenvalue weighted by atomic mass is 35.5. The SMILES string of the molecule is Cc1nn(C(C)C(=O)Nc2ccn(Cc3cccc(Cl)c3)n2)c(C)c1[N+](=O)[O-]. The molecule has 1 atom stereocenters. The van der Waals surface area contributed by atoms with Crippen LogP contribution in [0.25, 0.3) is 0 Å². The maximum atomic E-state index is 12.6. The molecule has 1 amide bonds. The predicted octanol–water partition coefficient (Wildman–Crippen LogP) is 3.51. The Balaban J connectivity index is 1.71. The van der Waals surface area contributed by atoms with Crippen LogP contribution in [0.5, 0.6) is 0 Å². The first-order valence-corrected chi connectivity index (χ1v) is 8.93. The summed E-state index contributed by atoms with van der Waals surface area (Å²) >= 11 is 5.99. The lowest BCUT2D eigenvalue weighted by Gasteiger charge is -2.12. The molecule has 2 aromatic heterocycles. The minimum absolute atomic E-state index is 0.0783. The molecule has 146 valence electrons. The zero-order valence-electron chi connectivity index (χ0n) is 15.6. The molecule has 0 aliphatic rings. The molecule has 28 heavy (non-hydrogen) atoms. The van der Waals surface area contributed by atoms with Gasteiger partial charge in [-0.15, -0.1) is 0 Å². The van der Waals surface area contributed by atoms with E-state index in [1.165, 1.54) is 4.68 Å². The van der Waals surface area contributed by atoms with E-state index in [2.05, 4.69) is 15.5 Å². The van der Waals surface area contributed by atoms with Crippen molar-refractivity contribution >= 4 is 29.0 Å². The van der Waals surface area contributed by atoms with E-state index in [1.807, 2.05) is 18.2 Å². The van der Waals surface area contributed by atoms with Gasteiger partial charge in [0.25, 0.3) is 0 Å². The average molecular weight is 403 g/mol. The second kappa shape index (κ2) is 7.81. The summed E-state index contributed by atoms with van der Waals surface area (Å²) in [7, 11) is 0. The highest BCUT2D eigenvalue weighted by Gasteiger charge is 2.27. The Morgan fingerprint density at radius 3 is 2.71 bits per heavy atom. The zero-order valence-corrected chi connectivity index (χ0v) is 16.3. The lowest BCUT2D eigenvalue weighted by molar-refractivity contribution is -0.386. The molecule has 3 rings (SSSR count). The van der Waals surface area contributed by atoms with Crippen molar-refractivity contribution in [2.75, 3.05) is 5.32 Å². The van der Waals surface area contributed by atoms with Crippen LogP contribution in [0.4, 0.5) is 11.5 Å². The van der Waals surface area contributed by atoms with Crippen LogP contribution in [-0.2, 0) is 11.3 Å². The van der Waals surface area contributed by atoms with E-state index < -0.39 is 11.0 Å². The maximum absolute atomic E-state index is 12.6. The Morgan fingerprint density at radius 1 is 1.32 bits per heavy atom. The van der Waals surface area contributed by atoms with Gasteiger partial charge in [-0.2, -0.15) is 10.2 Å². The lowest BCUT2D eigenvalue weighted by atomic mass is 10.2. The molecule has 0 fully saturated rings. The fourth-order valence-corrected chi connectivity index (χ4v) is 3.19. The van der Waals surface area contributed by atoms with Crippen LogP contribution in [0.3, 0.4) is 0 Å². The maximum Gasteiger partial charge on any atom is 0.312 e. The Kier molecular flexibility index (Phi) is 5.46. The third kappa shape index (κ3) is 4.04. The van der Waals surface area contributed by atoms with Gasteiger partial charge in [-0.3, -0.25) is 24.3 Å². The second-order valence-electron chi connectivity index (χ2n) is 6.41. The summed E-state index contributed by atoms with van der Waals surface area (Å²) in [6.45, 7) is 5.25. The van der Waals surface area contributed by atoms with Crippen LogP contribution in [0.15, 0.2) is 36.5 Å². The van der Waals surface area contributed by atoms with Crippen LogP contribution in [0.2, 0.25) is 5.02 Å². The van der Waals surface area contributed by atoms with E-state index >= 15 is 0 Å². The van der Waals surface area contributed by atoms with Gasteiger partial charge >= 0.3 is 5.69 Å². The second-order valence-corrected chi connectivity index (χ2v) is 6.85. The molecule has 0 bridgehead atoms. The van der Waals surface area contributed by atoms with Crippen molar-refractivity contribution in [2.45, 2.75) is 33.4 Å². The number of nitrogens with zero attached hydrogens (tertiary/aromatic N) is 5. The van der Waals surface area contributed by atoms with E-state index in [0.29, 0.717) is 23.1 Å². The number of hydrogen-bond donors (Lipinski definition) is 1. The number of nitrogens with one attached hydrogen (secondary N) is 1. The van der Waals surface area contributed by atoms with Gasteiger partial charge < -0.3 is 5.32 Å². The summed E-state index contributed by atoms with van der Waals surface area (Å²) in [6, 6.07) is 8.39. The molecule has 9 nitrogen and oxygen atoms in total. The van der Waals surface area contributed by atoms with Crippen LogP contribution in [0, 0.1) is 24.0 Å². The van der Waals surface area contributed by atoms with Crippen molar-refractivity contribution < 1.29 is 9.72 Å². The van der Waals surface area contributed by atoms with Crippen LogP contribution in [-0.4, -0.2) is 30.4 Å². The molecule has 0 aliphatic carbocycles. The van der Waals surface area contributed by atoms with E-state index in [9.17, 15) is 14.9 Å². The van der Waals surface area contributed by atoms with Crippen molar-refractivity contribution in [2.24, 2.45) is 0 Å². The van der Waals surface area contributed by atoms with Crippen LogP contribution >= 0.6 is 11.6 Å². The first-order valence-electron chi connectivity index (χ1n) is 8.55. The minimum Gasteiger partial charge on any atom is -0.307 e. The Labute approximate surface area is 166 Å². The molecule has 0 saturated heterocycles. The molecule has 3 aromatic rings. The van der Waals surface area contributed by atoms with Gasteiger partial charge in [-0.05, 0) is 38.5 Å². The van der Waals surface area contributed by atoms with Crippen molar-refractivity contribution in [1.82, 2.24) is 19.6 Å². The molecule has 0 spiro atoms. The summed E-state index contributed by atoms with van der Waals surface area (Å²) in [5, 5.41) is 23.0. The van der Waals surface area contributed by atoms with Crippen molar-refractivity contribution in [3.63, 3.8) is 0 Å². The summed E-state index contributed by atoms with van der Waals surface area (Å²) < 4.78 is 3.03. The lowest BCUT2D eigenvalue weighted by Crippen LogP contribution is -2.25. The number of nitro groups is 1. The topological polar surface area (TPSA) is 108 Å². The van der Waals surface area contributed by atoms with E-state index in [4.69, 9.17) is 11.6 Å². The quantitative estimate of drug-likeness (QED) is 0.501. The molecule has 2 heterocycles. The molecule has 1 unspecified atom stereocenters. The third-order valence-electron chi connectivity index (χ3n) is 4.34. The molecular formula is C18H19ClN6O3. The van der Waals surface area contributed by atoms with Gasteiger partial charge in [0.15, 0.2) is 5.82 Å². The van der Waals surface area contributed by atoms with Crippen molar-refractivity contribution in [3.8, 4) is 0 Å². The number of benzene rings is 1. The average Bonchev–Trinajstić information content (AvgIpc) is 3.17.